The van der Waals surface area contributed by atoms with Gasteiger partial charge in [-0.3, -0.25) is 0 Å². The van der Waals surface area contributed by atoms with Crippen LogP contribution in [0, 0.1) is 26.0 Å². The van der Waals surface area contributed by atoms with Crippen LogP contribution in [0.2, 0.25) is 0 Å². The van der Waals surface area contributed by atoms with Crippen LogP contribution in [-0.2, 0) is 12.5 Å². The summed E-state index contributed by atoms with van der Waals surface area (Å²) in [6, 6.07) is 17.2. The van der Waals surface area contributed by atoms with Gasteiger partial charge in [-0.2, -0.15) is 0 Å². The quantitative estimate of drug-likeness (QED) is 0.204. The van der Waals surface area contributed by atoms with Crippen LogP contribution < -0.4 is 4.57 Å². The number of fused-ring (bicyclic) bond motifs is 3. The Labute approximate surface area is 256 Å². The average Bonchev–Trinajstić information content (AvgIpc) is 3.35. The van der Waals surface area contributed by atoms with E-state index in [9.17, 15) is 1.37 Å². The summed E-state index contributed by atoms with van der Waals surface area (Å²) in [6.45, 7) is 7.30. The van der Waals surface area contributed by atoms with Gasteiger partial charge in [0.25, 0.3) is 0 Å². The lowest BCUT2D eigenvalue weighted by molar-refractivity contribution is -0.660. The number of furan rings is 1. The van der Waals surface area contributed by atoms with Crippen molar-refractivity contribution in [3.05, 3.63) is 88.6 Å². The highest BCUT2D eigenvalue weighted by atomic mass is 16.3. The number of nitrogens with zero attached hydrogens (tertiary/aromatic N) is 1. The van der Waals surface area contributed by atoms with E-state index in [0.29, 0.717) is 24.0 Å². The van der Waals surface area contributed by atoms with Gasteiger partial charge < -0.3 is 4.42 Å². The fraction of sp³-hybridized carbons (Fsp3) is 0.410. The summed E-state index contributed by atoms with van der Waals surface area (Å²) in [5.41, 5.74) is 5.77. The van der Waals surface area contributed by atoms with E-state index in [1.54, 1.807) is 12.1 Å². The second kappa shape index (κ2) is 9.86. The summed E-state index contributed by atoms with van der Waals surface area (Å²) >= 11 is 0. The number of pyridine rings is 1. The highest BCUT2D eigenvalue weighted by Crippen LogP contribution is 2.45. The van der Waals surface area contributed by atoms with E-state index in [4.69, 9.17) is 12.6 Å². The summed E-state index contributed by atoms with van der Waals surface area (Å²) in [4.78, 5) is 0. The highest BCUT2D eigenvalue weighted by Gasteiger charge is 2.31. The van der Waals surface area contributed by atoms with Crippen molar-refractivity contribution in [3.63, 3.8) is 0 Å². The molecule has 212 valence electrons. The van der Waals surface area contributed by atoms with Crippen molar-refractivity contribution in [2.24, 2.45) is 12.5 Å². The molecule has 5 aromatic rings. The molecule has 0 unspecified atom stereocenters. The van der Waals surface area contributed by atoms with E-state index in [-0.39, 0.29) is 22.1 Å². The Kier molecular flexibility index (Phi) is 4.93. The van der Waals surface area contributed by atoms with Crippen LogP contribution in [0.25, 0.3) is 44.3 Å². The molecule has 2 heterocycles. The van der Waals surface area contributed by atoms with E-state index in [1.165, 1.54) is 0 Å². The summed E-state index contributed by atoms with van der Waals surface area (Å²) in [5, 5.41) is 1.98. The zero-order chi connectivity index (χ0) is 35.2. The predicted octanol–water partition coefficient (Wildman–Crippen LogP) is 10.7. The Bertz CT molecular complexity index is 2010. The van der Waals surface area contributed by atoms with Crippen molar-refractivity contribution in [3.8, 4) is 22.4 Å². The van der Waals surface area contributed by atoms with Crippen molar-refractivity contribution in [1.82, 2.24) is 0 Å². The summed E-state index contributed by atoms with van der Waals surface area (Å²) in [6.07, 6.45) is 4.70. The van der Waals surface area contributed by atoms with Crippen LogP contribution in [0.15, 0.2) is 65.2 Å². The second-order valence-electron chi connectivity index (χ2n) is 13.8. The third kappa shape index (κ3) is 4.90. The summed E-state index contributed by atoms with van der Waals surface area (Å²) in [5.74, 6) is -1.07. The Morgan fingerprint density at radius 1 is 0.902 bits per heavy atom. The molecule has 0 saturated heterocycles. The first-order valence-corrected chi connectivity index (χ1v) is 14.8. The first-order valence-electron chi connectivity index (χ1n) is 18.3. The minimum atomic E-state index is -2.63. The molecule has 0 spiro atoms. The topological polar surface area (TPSA) is 17.0 Å². The van der Waals surface area contributed by atoms with Gasteiger partial charge in [0.15, 0.2) is 6.20 Å². The number of hydrogen-bond acceptors (Lipinski definition) is 1. The standard InChI is InChI=1S/C39H46NO/c1-24-14-15-30-29-12-10-11-13-34(29)41-37(30)36(24)33-22-31(32(23-40(33)9)38(4,5)6)35-25(2)20-28(21-26(35)3)27-16-18-39(7,8)19-17-27/h10-15,20-23,27H,16-19H2,1-9H3/q+1/i2D3,3D3,27D. The molecule has 0 N–H and O–H groups in total. The second-order valence-corrected chi connectivity index (χ2v) is 13.8. The minimum Gasteiger partial charge on any atom is -0.455 e. The number of hydrogen-bond donors (Lipinski definition) is 0. The SMILES string of the molecule is [2H]C([2H])([2H])c1cc(C2([2H])CCC(C)(C)CC2)cc(C([2H])([2H])[2H])c1-c1cc(-c2c(C)ccc3c2oc2ccccc23)[n+](C)cc1C(C)(C)C. The van der Waals surface area contributed by atoms with E-state index in [0.717, 1.165) is 57.2 Å². The summed E-state index contributed by atoms with van der Waals surface area (Å²) in [7, 11) is 1.96. The maximum absolute atomic E-state index is 9.50. The zero-order valence-electron chi connectivity index (χ0n) is 32.5. The molecule has 2 heteroatoms. The molecule has 2 nitrogen and oxygen atoms in total. The molecular weight excluding hydrogens is 498 g/mol. The van der Waals surface area contributed by atoms with E-state index in [1.807, 2.05) is 55.1 Å². The lowest BCUT2D eigenvalue weighted by Crippen LogP contribution is -2.34. The van der Waals surface area contributed by atoms with Gasteiger partial charge in [0.2, 0.25) is 5.69 Å². The van der Waals surface area contributed by atoms with Gasteiger partial charge in [0, 0.05) is 32.0 Å². The lowest BCUT2D eigenvalue weighted by atomic mass is 9.70. The van der Waals surface area contributed by atoms with Crippen LogP contribution in [0.4, 0.5) is 0 Å². The van der Waals surface area contributed by atoms with Crippen molar-refractivity contribution >= 4 is 21.9 Å². The number of rotatable bonds is 3. The number of benzene rings is 3. The minimum absolute atomic E-state index is 0.0217. The molecular formula is C39H46NO+. The van der Waals surface area contributed by atoms with Crippen LogP contribution in [0.5, 0.6) is 0 Å². The average molecular weight is 552 g/mol. The normalized spacial score (nSPS) is 20.0. The molecule has 0 radical (unpaired) electrons. The maximum atomic E-state index is 9.50. The molecule has 1 aliphatic carbocycles. The fourth-order valence-electron chi connectivity index (χ4n) is 6.56. The number of aromatic nitrogens is 1. The smallest absolute Gasteiger partial charge is 0.216 e. The molecule has 1 saturated carbocycles. The first kappa shape index (κ1) is 20.5. The van der Waals surface area contributed by atoms with Crippen LogP contribution in [0.3, 0.4) is 0 Å². The monoisotopic (exact) mass is 551 g/mol. The van der Waals surface area contributed by atoms with Gasteiger partial charge in [0.05, 0.1) is 5.56 Å². The van der Waals surface area contributed by atoms with E-state index in [2.05, 4.69) is 46.8 Å². The molecule has 0 amide bonds. The summed E-state index contributed by atoms with van der Waals surface area (Å²) < 4.78 is 70.6. The zero-order valence-corrected chi connectivity index (χ0v) is 25.5. The first-order chi connectivity index (χ1) is 22.1. The molecule has 1 fully saturated rings. The van der Waals surface area contributed by atoms with Gasteiger partial charge >= 0.3 is 0 Å². The Balaban J connectivity index is 1.71. The van der Waals surface area contributed by atoms with Crippen molar-refractivity contribution < 1.29 is 18.6 Å². The van der Waals surface area contributed by atoms with E-state index >= 15 is 0 Å². The molecule has 0 bridgehead atoms. The van der Waals surface area contributed by atoms with Crippen molar-refractivity contribution in [2.75, 3.05) is 0 Å². The molecule has 6 rings (SSSR count). The fourth-order valence-corrected chi connectivity index (χ4v) is 6.56. The van der Waals surface area contributed by atoms with Gasteiger partial charge in [-0.1, -0.05) is 77.1 Å². The molecule has 1 aliphatic rings. The third-order valence-electron chi connectivity index (χ3n) is 9.12. The van der Waals surface area contributed by atoms with Gasteiger partial charge in [-0.25, -0.2) is 4.57 Å². The number of aryl methyl sites for hydroxylation is 4. The Hall–Kier alpha value is -3.39. The van der Waals surface area contributed by atoms with Crippen LogP contribution in [-0.4, -0.2) is 0 Å². The lowest BCUT2D eigenvalue weighted by Gasteiger charge is -2.35. The van der Waals surface area contributed by atoms with Crippen LogP contribution in [0.1, 0.15) is 104 Å². The molecule has 41 heavy (non-hydrogen) atoms. The Morgan fingerprint density at radius 2 is 1.59 bits per heavy atom. The van der Waals surface area contributed by atoms with Crippen molar-refractivity contribution in [1.29, 1.82) is 0 Å². The Morgan fingerprint density at radius 3 is 2.24 bits per heavy atom. The molecule has 0 atom stereocenters. The number of para-hydroxylation sites is 1. The van der Waals surface area contributed by atoms with Gasteiger partial charge in [-0.05, 0) is 102 Å². The third-order valence-corrected chi connectivity index (χ3v) is 9.12. The highest BCUT2D eigenvalue weighted by molar-refractivity contribution is 6.09. The van der Waals surface area contributed by atoms with Crippen molar-refractivity contribution in [2.45, 2.75) is 92.2 Å². The van der Waals surface area contributed by atoms with Gasteiger partial charge in [-0.15, -0.1) is 0 Å². The molecule has 0 aliphatic heterocycles. The molecule has 2 aromatic heterocycles. The largest absolute Gasteiger partial charge is 0.455 e. The maximum Gasteiger partial charge on any atom is 0.216 e. The predicted molar refractivity (Wildman–Crippen MR) is 174 cm³/mol. The molecule has 3 aromatic carbocycles. The van der Waals surface area contributed by atoms with Gasteiger partial charge in [0.1, 0.15) is 18.2 Å². The van der Waals surface area contributed by atoms with E-state index < -0.39 is 25.0 Å². The van der Waals surface area contributed by atoms with Crippen LogP contribution >= 0.6 is 0 Å².